The van der Waals surface area contributed by atoms with E-state index >= 15 is 0 Å². The molecule has 0 radical (unpaired) electrons. The first-order valence-corrected chi connectivity index (χ1v) is 8.43. The number of fused-ring (bicyclic) bond motifs is 3. The highest BCUT2D eigenvalue weighted by Crippen LogP contribution is 2.42. The summed E-state index contributed by atoms with van der Waals surface area (Å²) in [6.45, 7) is 5.40. The van der Waals surface area contributed by atoms with Gasteiger partial charge in [0.05, 0.1) is 0 Å². The van der Waals surface area contributed by atoms with Gasteiger partial charge in [0.1, 0.15) is 0 Å². The molecule has 1 fully saturated rings. The van der Waals surface area contributed by atoms with E-state index in [-0.39, 0.29) is 0 Å². The molecule has 2 aromatic carbocycles. The van der Waals surface area contributed by atoms with Crippen LogP contribution in [-0.4, -0.2) is 19.6 Å². The van der Waals surface area contributed by atoms with Crippen LogP contribution in [0.3, 0.4) is 0 Å². The smallest absolute Gasteiger partial charge is 0.0499 e. The molecule has 2 N–H and O–H groups in total. The third-order valence-electron chi connectivity index (χ3n) is 4.89. The number of rotatable bonds is 1. The third kappa shape index (κ3) is 2.30. The molecule has 0 bridgehead atoms. The molecule has 1 saturated heterocycles. The number of anilines is 1. The fourth-order valence-corrected chi connectivity index (χ4v) is 4.29. The van der Waals surface area contributed by atoms with Crippen molar-refractivity contribution in [2.24, 2.45) is 5.92 Å². The molecular weight excluding hydrogens is 315 g/mol. The first-order chi connectivity index (χ1) is 10.6. The Morgan fingerprint density at radius 3 is 2.73 bits per heavy atom. The fraction of sp³-hybridized carbons (Fsp3) is 0.333. The Labute approximate surface area is 140 Å². The van der Waals surface area contributed by atoms with E-state index in [9.17, 15) is 0 Å². The lowest BCUT2D eigenvalue weighted by molar-refractivity contribution is 0.529. The van der Waals surface area contributed by atoms with Crippen LogP contribution in [0.2, 0.25) is 10.0 Å². The van der Waals surface area contributed by atoms with Gasteiger partial charge in [-0.25, -0.2) is 0 Å². The van der Waals surface area contributed by atoms with Crippen LogP contribution in [0.25, 0.3) is 11.1 Å². The first kappa shape index (κ1) is 14.4. The summed E-state index contributed by atoms with van der Waals surface area (Å²) in [6.07, 6.45) is 0. The highest BCUT2D eigenvalue weighted by Gasteiger charge is 2.34. The average Bonchev–Trinajstić information content (AvgIpc) is 2.96. The SMILES string of the molecule is Cc1cc(-c2ccc(Cl)cc2Cl)cc2c1NC[C@H]1CNC[C@@H]21. The maximum atomic E-state index is 6.40. The van der Waals surface area contributed by atoms with Gasteiger partial charge in [-0.1, -0.05) is 29.3 Å². The number of hydrogen-bond donors (Lipinski definition) is 2. The summed E-state index contributed by atoms with van der Waals surface area (Å²) < 4.78 is 0. The van der Waals surface area contributed by atoms with E-state index in [1.807, 2.05) is 18.2 Å². The van der Waals surface area contributed by atoms with Crippen molar-refractivity contribution in [3.63, 3.8) is 0 Å². The topological polar surface area (TPSA) is 24.1 Å². The summed E-state index contributed by atoms with van der Waals surface area (Å²) in [5.74, 6) is 1.28. The molecule has 0 amide bonds. The Bertz CT molecular complexity index is 742. The lowest BCUT2D eigenvalue weighted by atomic mass is 9.82. The molecule has 2 aromatic rings. The molecule has 2 heterocycles. The van der Waals surface area contributed by atoms with Crippen LogP contribution in [0.1, 0.15) is 17.0 Å². The van der Waals surface area contributed by atoms with E-state index < -0.39 is 0 Å². The standard InChI is InChI=1S/C18H18Cl2N2/c1-10-4-11(14-3-2-13(19)6-17(14)20)5-15-16-9-21-7-12(16)8-22-18(10)15/h2-6,12,16,21-22H,7-9H2,1H3/t12-,16-/m1/s1. The van der Waals surface area contributed by atoms with Crippen molar-refractivity contribution >= 4 is 28.9 Å². The van der Waals surface area contributed by atoms with Crippen LogP contribution < -0.4 is 10.6 Å². The van der Waals surface area contributed by atoms with Gasteiger partial charge in [0.15, 0.2) is 0 Å². The number of hydrogen-bond acceptors (Lipinski definition) is 2. The number of halogens is 2. The molecule has 114 valence electrons. The van der Waals surface area contributed by atoms with Crippen molar-refractivity contribution in [2.75, 3.05) is 25.0 Å². The Balaban J connectivity index is 1.85. The summed E-state index contributed by atoms with van der Waals surface area (Å²) in [4.78, 5) is 0. The second kappa shape index (κ2) is 5.45. The zero-order valence-electron chi connectivity index (χ0n) is 12.4. The summed E-state index contributed by atoms with van der Waals surface area (Å²) >= 11 is 12.4. The molecule has 0 spiro atoms. The summed E-state index contributed by atoms with van der Waals surface area (Å²) in [5.41, 5.74) is 6.22. The van der Waals surface area contributed by atoms with Gasteiger partial charge >= 0.3 is 0 Å². The van der Waals surface area contributed by atoms with E-state index in [1.54, 1.807) is 0 Å². The predicted molar refractivity (Wildman–Crippen MR) is 94.2 cm³/mol. The Morgan fingerprint density at radius 2 is 1.91 bits per heavy atom. The first-order valence-electron chi connectivity index (χ1n) is 7.68. The van der Waals surface area contributed by atoms with Crippen LogP contribution in [0.4, 0.5) is 5.69 Å². The Morgan fingerprint density at radius 1 is 1.05 bits per heavy atom. The minimum absolute atomic E-state index is 0.598. The lowest BCUT2D eigenvalue weighted by Gasteiger charge is -2.31. The summed E-state index contributed by atoms with van der Waals surface area (Å²) in [5, 5.41) is 8.51. The van der Waals surface area contributed by atoms with Gasteiger partial charge in [-0.15, -0.1) is 0 Å². The van der Waals surface area contributed by atoms with Gasteiger partial charge in [0.25, 0.3) is 0 Å². The van der Waals surface area contributed by atoms with Gasteiger partial charge in [0.2, 0.25) is 0 Å². The Hall–Kier alpha value is -1.22. The molecule has 2 aliphatic rings. The van der Waals surface area contributed by atoms with E-state index in [0.29, 0.717) is 21.9 Å². The molecule has 0 aliphatic carbocycles. The van der Waals surface area contributed by atoms with E-state index in [2.05, 4.69) is 29.7 Å². The fourth-order valence-electron chi connectivity index (χ4n) is 3.77. The predicted octanol–water partition coefficient (Wildman–Crippen LogP) is 4.70. The zero-order chi connectivity index (χ0) is 15.3. The van der Waals surface area contributed by atoms with E-state index in [0.717, 1.165) is 25.2 Å². The van der Waals surface area contributed by atoms with Crippen molar-refractivity contribution in [1.82, 2.24) is 5.32 Å². The summed E-state index contributed by atoms with van der Waals surface area (Å²) in [6, 6.07) is 10.2. The number of nitrogens with one attached hydrogen (secondary N) is 2. The summed E-state index contributed by atoms with van der Waals surface area (Å²) in [7, 11) is 0. The van der Waals surface area contributed by atoms with Gasteiger partial charge in [0, 0.05) is 46.8 Å². The molecule has 0 aromatic heterocycles. The van der Waals surface area contributed by atoms with Crippen molar-refractivity contribution in [3.05, 3.63) is 51.5 Å². The van der Waals surface area contributed by atoms with Crippen LogP contribution in [0, 0.1) is 12.8 Å². The monoisotopic (exact) mass is 332 g/mol. The van der Waals surface area contributed by atoms with Crippen LogP contribution in [0.15, 0.2) is 30.3 Å². The molecule has 4 rings (SSSR count). The van der Waals surface area contributed by atoms with Crippen molar-refractivity contribution < 1.29 is 0 Å². The second-order valence-electron chi connectivity index (χ2n) is 6.29. The molecule has 2 nitrogen and oxygen atoms in total. The van der Waals surface area contributed by atoms with Gasteiger partial charge in [-0.2, -0.15) is 0 Å². The highest BCUT2D eigenvalue weighted by atomic mass is 35.5. The van der Waals surface area contributed by atoms with E-state index in [1.165, 1.54) is 22.4 Å². The lowest BCUT2D eigenvalue weighted by Crippen LogP contribution is -2.27. The van der Waals surface area contributed by atoms with Gasteiger partial charge in [-0.3, -0.25) is 0 Å². The average molecular weight is 333 g/mol. The number of benzene rings is 2. The molecule has 0 saturated carbocycles. The second-order valence-corrected chi connectivity index (χ2v) is 7.13. The third-order valence-corrected chi connectivity index (χ3v) is 5.44. The van der Waals surface area contributed by atoms with Crippen LogP contribution in [0.5, 0.6) is 0 Å². The highest BCUT2D eigenvalue weighted by molar-refractivity contribution is 6.36. The zero-order valence-corrected chi connectivity index (χ0v) is 13.9. The van der Waals surface area contributed by atoms with Gasteiger partial charge in [-0.05, 0) is 53.8 Å². The van der Waals surface area contributed by atoms with Crippen LogP contribution >= 0.6 is 23.2 Å². The Kier molecular flexibility index (Phi) is 3.56. The molecular formula is C18H18Cl2N2. The molecule has 0 unspecified atom stereocenters. The molecule has 2 aliphatic heterocycles. The van der Waals surface area contributed by atoms with Crippen molar-refractivity contribution in [3.8, 4) is 11.1 Å². The molecule has 22 heavy (non-hydrogen) atoms. The van der Waals surface area contributed by atoms with Crippen molar-refractivity contribution in [2.45, 2.75) is 12.8 Å². The maximum absolute atomic E-state index is 6.40. The van der Waals surface area contributed by atoms with Gasteiger partial charge < -0.3 is 10.6 Å². The maximum Gasteiger partial charge on any atom is 0.0499 e. The minimum Gasteiger partial charge on any atom is -0.384 e. The minimum atomic E-state index is 0.598. The normalized spacial score (nSPS) is 22.9. The van der Waals surface area contributed by atoms with E-state index in [4.69, 9.17) is 23.2 Å². The molecule has 2 atom stereocenters. The molecule has 4 heteroatoms. The number of aryl methyl sites for hydroxylation is 1. The largest absolute Gasteiger partial charge is 0.384 e. The van der Waals surface area contributed by atoms with Crippen LogP contribution in [-0.2, 0) is 0 Å². The van der Waals surface area contributed by atoms with Crippen molar-refractivity contribution in [1.29, 1.82) is 0 Å². The quantitative estimate of drug-likeness (QED) is 0.791.